The standard InChI is InChI=1S/C16H22O7/c1-18-10-22-14-12(21-9-11-7-5-4-6-8-11)13(15(17)19-2)23-16(14)20-3/h4-8,12-14,16H,9-10H2,1-3H3/t12-,13-,14+,16-/m0/s1. The summed E-state index contributed by atoms with van der Waals surface area (Å²) >= 11 is 0. The number of hydrogen-bond donors (Lipinski definition) is 0. The third kappa shape index (κ3) is 4.49. The number of hydrogen-bond acceptors (Lipinski definition) is 7. The van der Waals surface area contributed by atoms with Gasteiger partial charge in [-0.3, -0.25) is 0 Å². The first kappa shape index (κ1) is 17.8. The lowest BCUT2D eigenvalue weighted by atomic mass is 10.1. The van der Waals surface area contributed by atoms with Crippen LogP contribution in [0.4, 0.5) is 0 Å². The molecule has 23 heavy (non-hydrogen) atoms. The fourth-order valence-corrected chi connectivity index (χ4v) is 2.39. The monoisotopic (exact) mass is 326 g/mol. The molecular formula is C16H22O7. The lowest BCUT2D eigenvalue weighted by Crippen LogP contribution is -2.41. The summed E-state index contributed by atoms with van der Waals surface area (Å²) in [5, 5.41) is 0. The first-order chi connectivity index (χ1) is 11.2. The fourth-order valence-electron chi connectivity index (χ4n) is 2.39. The van der Waals surface area contributed by atoms with Gasteiger partial charge in [-0.1, -0.05) is 30.3 Å². The molecule has 2 rings (SSSR count). The third-order valence-electron chi connectivity index (χ3n) is 3.50. The highest BCUT2D eigenvalue weighted by Gasteiger charge is 2.50. The zero-order valence-electron chi connectivity index (χ0n) is 13.5. The van der Waals surface area contributed by atoms with Gasteiger partial charge < -0.3 is 28.4 Å². The Kier molecular flexibility index (Phi) is 6.94. The summed E-state index contributed by atoms with van der Waals surface area (Å²) in [6.07, 6.45) is -2.93. The number of esters is 1. The quantitative estimate of drug-likeness (QED) is 0.523. The van der Waals surface area contributed by atoms with E-state index in [-0.39, 0.29) is 6.79 Å². The lowest BCUT2D eigenvalue weighted by molar-refractivity contribution is -0.191. The summed E-state index contributed by atoms with van der Waals surface area (Å²) in [7, 11) is 4.28. The van der Waals surface area contributed by atoms with Crippen LogP contribution in [0, 0.1) is 0 Å². The van der Waals surface area contributed by atoms with E-state index in [0.717, 1.165) is 5.56 Å². The summed E-state index contributed by atoms with van der Waals surface area (Å²) in [4.78, 5) is 11.9. The fraction of sp³-hybridized carbons (Fsp3) is 0.562. The van der Waals surface area contributed by atoms with E-state index in [4.69, 9.17) is 28.4 Å². The van der Waals surface area contributed by atoms with Crippen LogP contribution in [0.5, 0.6) is 0 Å². The van der Waals surface area contributed by atoms with Crippen molar-refractivity contribution in [1.82, 2.24) is 0 Å². The molecule has 1 aliphatic rings. The number of carbonyl (C=O) groups excluding carboxylic acids is 1. The number of benzene rings is 1. The Bertz CT molecular complexity index is 479. The second-order valence-corrected chi connectivity index (χ2v) is 4.98. The molecule has 0 unspecified atom stereocenters. The van der Waals surface area contributed by atoms with Gasteiger partial charge in [0.2, 0.25) is 0 Å². The van der Waals surface area contributed by atoms with Crippen molar-refractivity contribution in [3.05, 3.63) is 35.9 Å². The lowest BCUT2D eigenvalue weighted by Gasteiger charge is -2.23. The number of methoxy groups -OCH3 is 3. The van der Waals surface area contributed by atoms with Crippen molar-refractivity contribution in [2.75, 3.05) is 28.1 Å². The normalized spacial score (nSPS) is 27.1. The average molecular weight is 326 g/mol. The number of ether oxygens (including phenoxy) is 6. The van der Waals surface area contributed by atoms with E-state index < -0.39 is 30.6 Å². The molecule has 0 aromatic heterocycles. The minimum Gasteiger partial charge on any atom is -0.467 e. The first-order valence-corrected chi connectivity index (χ1v) is 7.23. The molecule has 1 aromatic rings. The van der Waals surface area contributed by atoms with Gasteiger partial charge in [-0.05, 0) is 5.56 Å². The van der Waals surface area contributed by atoms with Crippen molar-refractivity contribution in [2.24, 2.45) is 0 Å². The van der Waals surface area contributed by atoms with E-state index in [9.17, 15) is 4.79 Å². The molecule has 0 radical (unpaired) electrons. The molecule has 1 aliphatic heterocycles. The van der Waals surface area contributed by atoms with Gasteiger partial charge in [-0.25, -0.2) is 4.79 Å². The Balaban J connectivity index is 2.10. The van der Waals surface area contributed by atoms with Crippen molar-refractivity contribution < 1.29 is 33.2 Å². The number of rotatable bonds is 8. The Morgan fingerprint density at radius 1 is 1.09 bits per heavy atom. The van der Waals surface area contributed by atoms with Gasteiger partial charge in [-0.2, -0.15) is 0 Å². The van der Waals surface area contributed by atoms with Gasteiger partial charge in [-0.15, -0.1) is 0 Å². The van der Waals surface area contributed by atoms with Crippen molar-refractivity contribution in [3.8, 4) is 0 Å². The Hall–Kier alpha value is -1.51. The van der Waals surface area contributed by atoms with Crippen molar-refractivity contribution >= 4 is 5.97 Å². The highest BCUT2D eigenvalue weighted by Crippen LogP contribution is 2.28. The van der Waals surface area contributed by atoms with Crippen molar-refractivity contribution in [1.29, 1.82) is 0 Å². The van der Waals surface area contributed by atoms with Crippen LogP contribution in [-0.4, -0.2) is 58.7 Å². The topological polar surface area (TPSA) is 72.5 Å². The number of carbonyl (C=O) groups is 1. The summed E-state index contributed by atoms with van der Waals surface area (Å²) in [5.41, 5.74) is 0.975. The minimum atomic E-state index is -0.921. The van der Waals surface area contributed by atoms with Crippen molar-refractivity contribution in [2.45, 2.75) is 31.2 Å². The van der Waals surface area contributed by atoms with Gasteiger partial charge >= 0.3 is 5.97 Å². The molecule has 0 N–H and O–H groups in total. The Morgan fingerprint density at radius 2 is 1.83 bits per heavy atom. The molecule has 1 heterocycles. The molecule has 7 nitrogen and oxygen atoms in total. The van der Waals surface area contributed by atoms with Crippen LogP contribution in [0.15, 0.2) is 30.3 Å². The van der Waals surface area contributed by atoms with Crippen LogP contribution in [-0.2, 0) is 39.8 Å². The zero-order valence-corrected chi connectivity index (χ0v) is 13.5. The highest BCUT2D eigenvalue weighted by molar-refractivity contribution is 5.75. The minimum absolute atomic E-state index is 0.0347. The van der Waals surface area contributed by atoms with Gasteiger partial charge in [0.25, 0.3) is 0 Å². The summed E-state index contributed by atoms with van der Waals surface area (Å²) in [6.45, 7) is 0.346. The summed E-state index contributed by atoms with van der Waals surface area (Å²) in [6, 6.07) is 9.62. The van der Waals surface area contributed by atoms with Crippen LogP contribution in [0.3, 0.4) is 0 Å². The average Bonchev–Trinajstić information content (AvgIpc) is 2.95. The van der Waals surface area contributed by atoms with E-state index in [1.54, 1.807) is 0 Å². The zero-order chi connectivity index (χ0) is 16.7. The summed E-state index contributed by atoms with van der Waals surface area (Å²) in [5.74, 6) is -0.534. The highest BCUT2D eigenvalue weighted by atomic mass is 16.7. The first-order valence-electron chi connectivity index (χ1n) is 7.23. The molecule has 1 fully saturated rings. The van der Waals surface area contributed by atoms with Gasteiger partial charge in [0.05, 0.1) is 13.7 Å². The van der Waals surface area contributed by atoms with Crippen LogP contribution in [0.1, 0.15) is 5.56 Å². The smallest absolute Gasteiger partial charge is 0.337 e. The SMILES string of the molecule is COCO[C@H]1[C@@H](OC)O[C@H](C(=O)OC)[C@@H]1OCc1ccccc1. The molecule has 1 aromatic carbocycles. The maximum atomic E-state index is 11.9. The van der Waals surface area contributed by atoms with E-state index in [1.807, 2.05) is 30.3 Å². The van der Waals surface area contributed by atoms with Crippen molar-refractivity contribution in [3.63, 3.8) is 0 Å². The van der Waals surface area contributed by atoms with E-state index >= 15 is 0 Å². The molecule has 0 amide bonds. The second kappa shape index (κ2) is 8.95. The molecule has 128 valence electrons. The molecule has 0 spiro atoms. The van der Waals surface area contributed by atoms with Crippen LogP contribution >= 0.6 is 0 Å². The molecular weight excluding hydrogens is 304 g/mol. The van der Waals surface area contributed by atoms with Gasteiger partial charge in [0, 0.05) is 14.2 Å². The molecule has 1 saturated heterocycles. The largest absolute Gasteiger partial charge is 0.467 e. The molecule has 0 aliphatic carbocycles. The Labute approximate surface area is 135 Å². The van der Waals surface area contributed by atoms with E-state index in [2.05, 4.69) is 0 Å². The van der Waals surface area contributed by atoms with Crippen LogP contribution in [0.2, 0.25) is 0 Å². The van der Waals surface area contributed by atoms with Crippen LogP contribution in [0.25, 0.3) is 0 Å². The third-order valence-corrected chi connectivity index (χ3v) is 3.50. The maximum absolute atomic E-state index is 11.9. The van der Waals surface area contributed by atoms with E-state index in [0.29, 0.717) is 6.61 Å². The summed E-state index contributed by atoms with van der Waals surface area (Å²) < 4.78 is 32.0. The predicted octanol–water partition coefficient (Wildman–Crippen LogP) is 1.11. The molecule has 0 bridgehead atoms. The molecule has 7 heteroatoms. The molecule has 4 atom stereocenters. The maximum Gasteiger partial charge on any atom is 0.337 e. The van der Waals surface area contributed by atoms with Gasteiger partial charge in [0.15, 0.2) is 12.4 Å². The van der Waals surface area contributed by atoms with Crippen LogP contribution < -0.4 is 0 Å². The molecule has 0 saturated carbocycles. The second-order valence-electron chi connectivity index (χ2n) is 4.98. The van der Waals surface area contributed by atoms with E-state index in [1.165, 1.54) is 21.3 Å². The predicted molar refractivity (Wildman–Crippen MR) is 79.5 cm³/mol. The Morgan fingerprint density at radius 3 is 2.43 bits per heavy atom. The van der Waals surface area contributed by atoms with Gasteiger partial charge in [0.1, 0.15) is 19.0 Å².